The van der Waals surface area contributed by atoms with Crippen molar-refractivity contribution < 1.29 is 14.3 Å². The monoisotopic (exact) mass is 408 g/mol. The first-order chi connectivity index (χ1) is 13.4. The molecular weight excluding hydrogens is 376 g/mol. The second-order valence-corrected chi connectivity index (χ2v) is 8.56. The molecule has 0 bridgehead atoms. The van der Waals surface area contributed by atoms with E-state index in [1.54, 1.807) is 22.4 Å². The summed E-state index contributed by atoms with van der Waals surface area (Å²) >= 11 is 1.59. The molecule has 1 fully saturated rings. The summed E-state index contributed by atoms with van der Waals surface area (Å²) in [6.07, 6.45) is 8.31. The van der Waals surface area contributed by atoms with Crippen molar-refractivity contribution in [3.63, 3.8) is 0 Å². The molecule has 0 radical (unpaired) electrons. The van der Waals surface area contributed by atoms with Gasteiger partial charge in [-0.1, -0.05) is 19.3 Å². The van der Waals surface area contributed by atoms with Gasteiger partial charge in [-0.3, -0.25) is 9.59 Å². The zero-order chi connectivity index (χ0) is 20.7. The Bertz CT molecular complexity index is 754. The molecule has 1 amide bonds. The van der Waals surface area contributed by atoms with Crippen molar-refractivity contribution in [2.75, 3.05) is 19.1 Å². The molecule has 0 saturated heterocycles. The Morgan fingerprint density at radius 2 is 1.96 bits per heavy atom. The lowest BCUT2D eigenvalue weighted by molar-refractivity contribution is -0.142. The average molecular weight is 409 g/mol. The highest BCUT2D eigenvalue weighted by molar-refractivity contribution is 7.98. The summed E-state index contributed by atoms with van der Waals surface area (Å²) in [6, 6.07) is 0.880. The van der Waals surface area contributed by atoms with Crippen LogP contribution in [0.5, 0.6) is 0 Å². The Balaban J connectivity index is 2.27. The van der Waals surface area contributed by atoms with Gasteiger partial charge >= 0.3 is 5.97 Å². The molecule has 1 aromatic rings. The van der Waals surface area contributed by atoms with Crippen molar-refractivity contribution >= 4 is 23.6 Å². The molecule has 0 spiro atoms. The fraction of sp³-hybridized carbons (Fsp3) is 0.667. The normalized spacial score (nSPS) is 15.9. The van der Waals surface area contributed by atoms with E-state index in [0.29, 0.717) is 24.6 Å². The minimum absolute atomic E-state index is 0.0944. The van der Waals surface area contributed by atoms with Crippen molar-refractivity contribution in [2.45, 2.75) is 65.0 Å². The lowest BCUT2D eigenvalue weighted by atomic mass is 9.89. The van der Waals surface area contributed by atoms with E-state index in [2.05, 4.69) is 5.32 Å². The van der Waals surface area contributed by atoms with E-state index in [1.165, 1.54) is 26.4 Å². The first-order valence-corrected chi connectivity index (χ1v) is 11.4. The molecule has 7 heteroatoms. The number of pyridine rings is 1. The van der Waals surface area contributed by atoms with Crippen LogP contribution in [0.15, 0.2) is 10.9 Å². The van der Waals surface area contributed by atoms with E-state index >= 15 is 0 Å². The molecular formula is C21H32N2O4S. The summed E-state index contributed by atoms with van der Waals surface area (Å²) in [5.74, 6) is 0.182. The predicted octanol–water partition coefficient (Wildman–Crippen LogP) is 3.07. The number of aryl methyl sites for hydroxylation is 1. The van der Waals surface area contributed by atoms with Crippen LogP contribution in [0.3, 0.4) is 0 Å². The lowest BCUT2D eigenvalue weighted by Crippen LogP contribution is -2.44. The Morgan fingerprint density at radius 3 is 2.57 bits per heavy atom. The maximum atomic E-state index is 13.1. The number of thioether (sulfide) groups is 1. The number of carbonyl (C=O) groups is 2. The second-order valence-electron chi connectivity index (χ2n) is 7.58. The van der Waals surface area contributed by atoms with Gasteiger partial charge in [0.2, 0.25) is 0 Å². The summed E-state index contributed by atoms with van der Waals surface area (Å²) < 4.78 is 6.54. The number of methoxy groups -OCH3 is 1. The molecule has 1 saturated carbocycles. The summed E-state index contributed by atoms with van der Waals surface area (Å²) in [6.45, 7) is 4.49. The molecule has 1 heterocycles. The van der Waals surface area contributed by atoms with Gasteiger partial charge in [-0.15, -0.1) is 0 Å². The van der Waals surface area contributed by atoms with Crippen LogP contribution in [-0.4, -0.2) is 41.6 Å². The highest BCUT2D eigenvalue weighted by atomic mass is 32.2. The summed E-state index contributed by atoms with van der Waals surface area (Å²) in [5, 5.41) is 2.70. The molecule has 1 aliphatic carbocycles. The standard InChI is InChI=1S/C21H32N2O4S/c1-14-12-17(19(24)22-18(10-11-28-4)21(26)27-3)20(25)23(15(14)2)13-16-8-6-5-7-9-16/h12,16,18H,5-11,13H2,1-4H3,(H,22,24). The van der Waals surface area contributed by atoms with Crippen molar-refractivity contribution in [1.29, 1.82) is 0 Å². The first kappa shape index (κ1) is 22.5. The molecule has 6 nitrogen and oxygen atoms in total. The third-order valence-electron chi connectivity index (χ3n) is 5.62. The third-order valence-corrected chi connectivity index (χ3v) is 6.27. The van der Waals surface area contributed by atoms with E-state index < -0.39 is 17.9 Å². The minimum Gasteiger partial charge on any atom is -0.467 e. The molecule has 156 valence electrons. The number of aromatic nitrogens is 1. The van der Waals surface area contributed by atoms with Gasteiger partial charge in [-0.25, -0.2) is 4.79 Å². The number of carbonyl (C=O) groups excluding carboxylic acids is 2. The quantitative estimate of drug-likeness (QED) is 0.669. The topological polar surface area (TPSA) is 77.4 Å². The molecule has 1 aromatic heterocycles. The van der Waals surface area contributed by atoms with Crippen LogP contribution in [0, 0.1) is 19.8 Å². The summed E-state index contributed by atoms with van der Waals surface area (Å²) in [7, 11) is 1.30. The van der Waals surface area contributed by atoms with Crippen LogP contribution in [-0.2, 0) is 16.1 Å². The van der Waals surface area contributed by atoms with Gasteiger partial charge in [0, 0.05) is 12.2 Å². The fourth-order valence-electron chi connectivity index (χ4n) is 3.77. The zero-order valence-corrected chi connectivity index (χ0v) is 18.2. The van der Waals surface area contributed by atoms with Gasteiger partial charge in [0.25, 0.3) is 11.5 Å². The number of esters is 1. The Hall–Kier alpha value is -1.76. The van der Waals surface area contributed by atoms with Gasteiger partial charge in [0.15, 0.2) is 0 Å². The molecule has 1 atom stereocenters. The van der Waals surface area contributed by atoms with E-state index in [1.807, 2.05) is 20.1 Å². The van der Waals surface area contributed by atoms with Crippen LogP contribution in [0.1, 0.15) is 60.1 Å². The maximum Gasteiger partial charge on any atom is 0.328 e. The summed E-state index contributed by atoms with van der Waals surface area (Å²) in [4.78, 5) is 37.9. The minimum atomic E-state index is -0.752. The summed E-state index contributed by atoms with van der Waals surface area (Å²) in [5.41, 5.74) is 1.62. The zero-order valence-electron chi connectivity index (χ0n) is 17.4. The van der Waals surface area contributed by atoms with E-state index in [9.17, 15) is 14.4 Å². The van der Waals surface area contributed by atoms with Gasteiger partial charge in [0.1, 0.15) is 11.6 Å². The van der Waals surface area contributed by atoms with Crippen molar-refractivity contribution in [3.8, 4) is 0 Å². The van der Waals surface area contributed by atoms with Gasteiger partial charge in [0.05, 0.1) is 7.11 Å². The molecule has 1 aliphatic rings. The van der Waals surface area contributed by atoms with Gasteiger partial charge < -0.3 is 14.6 Å². The van der Waals surface area contributed by atoms with Gasteiger partial charge in [-0.2, -0.15) is 11.8 Å². The van der Waals surface area contributed by atoms with Crippen LogP contribution in [0.25, 0.3) is 0 Å². The van der Waals surface area contributed by atoms with Crippen LogP contribution in [0.4, 0.5) is 0 Å². The number of nitrogens with one attached hydrogen (secondary N) is 1. The van der Waals surface area contributed by atoms with Crippen LogP contribution in [0.2, 0.25) is 0 Å². The van der Waals surface area contributed by atoms with E-state index in [0.717, 1.165) is 24.1 Å². The van der Waals surface area contributed by atoms with Crippen LogP contribution < -0.4 is 10.9 Å². The number of rotatable bonds is 8. The fourth-order valence-corrected chi connectivity index (χ4v) is 4.24. The molecule has 0 aliphatic heterocycles. The number of ether oxygens (including phenoxy) is 1. The van der Waals surface area contributed by atoms with Crippen molar-refractivity contribution in [1.82, 2.24) is 9.88 Å². The SMILES string of the molecule is COC(=O)C(CCSC)NC(=O)c1cc(C)c(C)n(CC2CCCCC2)c1=O. The Kier molecular flexibility index (Phi) is 8.60. The third kappa shape index (κ3) is 5.63. The highest BCUT2D eigenvalue weighted by Gasteiger charge is 2.25. The number of hydrogen-bond acceptors (Lipinski definition) is 5. The van der Waals surface area contributed by atoms with Gasteiger partial charge in [-0.05, 0) is 62.7 Å². The molecule has 1 N–H and O–H groups in total. The molecule has 1 unspecified atom stereocenters. The Labute approximate surface area is 171 Å². The van der Waals surface area contributed by atoms with Crippen molar-refractivity contribution in [3.05, 3.63) is 33.2 Å². The molecule has 0 aromatic carbocycles. The maximum absolute atomic E-state index is 13.1. The lowest BCUT2D eigenvalue weighted by Gasteiger charge is -2.24. The number of amides is 1. The largest absolute Gasteiger partial charge is 0.467 e. The second kappa shape index (κ2) is 10.7. The highest BCUT2D eigenvalue weighted by Crippen LogP contribution is 2.25. The van der Waals surface area contributed by atoms with E-state index in [-0.39, 0.29) is 11.1 Å². The smallest absolute Gasteiger partial charge is 0.328 e. The van der Waals surface area contributed by atoms with Crippen molar-refractivity contribution in [2.24, 2.45) is 5.92 Å². The molecule has 28 heavy (non-hydrogen) atoms. The predicted molar refractivity (Wildman–Crippen MR) is 113 cm³/mol. The van der Waals surface area contributed by atoms with E-state index in [4.69, 9.17) is 4.74 Å². The number of hydrogen-bond donors (Lipinski definition) is 1. The molecule has 2 rings (SSSR count). The Morgan fingerprint density at radius 1 is 1.29 bits per heavy atom. The number of nitrogens with zero attached hydrogens (tertiary/aromatic N) is 1. The average Bonchev–Trinajstić information content (AvgIpc) is 2.71. The van der Waals surface area contributed by atoms with Crippen LogP contribution >= 0.6 is 11.8 Å². The first-order valence-electron chi connectivity index (χ1n) is 9.97.